The van der Waals surface area contributed by atoms with E-state index >= 15 is 0 Å². The number of fused-ring (bicyclic) bond motifs is 2. The highest BCUT2D eigenvalue weighted by Crippen LogP contribution is 2.22. The van der Waals surface area contributed by atoms with Crippen LogP contribution in [0.15, 0.2) is 102 Å². The first-order valence-electron chi connectivity index (χ1n) is 10.3. The van der Waals surface area contributed by atoms with E-state index in [4.69, 9.17) is 0 Å². The summed E-state index contributed by atoms with van der Waals surface area (Å²) >= 11 is 0. The van der Waals surface area contributed by atoms with Crippen LogP contribution in [0, 0.1) is 0 Å². The van der Waals surface area contributed by atoms with Crippen molar-refractivity contribution in [1.82, 2.24) is 4.57 Å². The molecular weight excluding hydrogens is 366 g/mol. The number of benzene rings is 4. The van der Waals surface area contributed by atoms with Gasteiger partial charge in [0.1, 0.15) is 0 Å². The predicted octanol–water partition coefficient (Wildman–Crippen LogP) is 5.87. The first-order valence-corrected chi connectivity index (χ1v) is 10.3. The van der Waals surface area contributed by atoms with E-state index < -0.39 is 0 Å². The molecule has 0 aliphatic heterocycles. The average Bonchev–Trinajstić information content (AvgIpc) is 2.79. The Balaban J connectivity index is 1.60. The van der Waals surface area contributed by atoms with Crippen molar-refractivity contribution < 1.29 is 0 Å². The number of nitrogens with zero attached hydrogens (tertiary/aromatic N) is 1. The van der Waals surface area contributed by atoms with Gasteiger partial charge in [-0.2, -0.15) is 0 Å². The van der Waals surface area contributed by atoms with Crippen molar-refractivity contribution in [2.45, 2.75) is 12.8 Å². The molecule has 30 heavy (non-hydrogen) atoms. The standard InChI is InChI=1S/C28H23NO/c1-29-26-15-13-22(16-20-8-4-2-5-9-20)18-25(26)28(30)24-14-12-23(19-27(24)29)17-21-10-6-3-7-11-21/h2-15,18-19H,16-17H2,1H3. The Kier molecular flexibility index (Phi) is 4.68. The molecule has 0 atom stereocenters. The fourth-order valence-corrected chi connectivity index (χ4v) is 4.26. The van der Waals surface area contributed by atoms with E-state index in [-0.39, 0.29) is 5.43 Å². The third kappa shape index (κ3) is 3.42. The topological polar surface area (TPSA) is 22.0 Å². The van der Waals surface area contributed by atoms with Crippen LogP contribution in [0.1, 0.15) is 22.3 Å². The van der Waals surface area contributed by atoms with E-state index in [2.05, 4.69) is 83.4 Å². The first kappa shape index (κ1) is 18.4. The zero-order chi connectivity index (χ0) is 20.5. The molecule has 0 saturated carbocycles. The quantitative estimate of drug-likeness (QED) is 0.352. The molecule has 0 aliphatic rings. The van der Waals surface area contributed by atoms with E-state index in [1.54, 1.807) is 0 Å². The third-order valence-corrected chi connectivity index (χ3v) is 5.84. The Morgan fingerprint density at radius 2 is 1.13 bits per heavy atom. The molecule has 2 nitrogen and oxygen atoms in total. The molecule has 1 aromatic heterocycles. The van der Waals surface area contributed by atoms with Crippen LogP contribution in [0.2, 0.25) is 0 Å². The molecule has 5 aromatic rings. The Hall–Kier alpha value is -3.65. The normalized spacial score (nSPS) is 11.2. The highest BCUT2D eigenvalue weighted by molar-refractivity contribution is 5.94. The molecule has 0 bridgehead atoms. The molecule has 0 fully saturated rings. The summed E-state index contributed by atoms with van der Waals surface area (Å²) in [5.41, 5.74) is 6.96. The van der Waals surface area contributed by atoms with E-state index in [1.807, 2.05) is 25.2 Å². The maximum absolute atomic E-state index is 13.3. The van der Waals surface area contributed by atoms with Crippen LogP contribution in [0.25, 0.3) is 21.8 Å². The molecule has 4 aromatic carbocycles. The van der Waals surface area contributed by atoms with Gasteiger partial charge >= 0.3 is 0 Å². The van der Waals surface area contributed by atoms with Crippen molar-refractivity contribution in [3.8, 4) is 0 Å². The lowest BCUT2D eigenvalue weighted by atomic mass is 10.00. The summed E-state index contributed by atoms with van der Waals surface area (Å²) in [6.07, 6.45) is 1.69. The lowest BCUT2D eigenvalue weighted by Crippen LogP contribution is -2.10. The molecular formula is C28H23NO. The van der Waals surface area contributed by atoms with Gasteiger partial charge in [-0.05, 0) is 59.4 Å². The fraction of sp³-hybridized carbons (Fsp3) is 0.107. The second-order valence-electron chi connectivity index (χ2n) is 7.92. The second kappa shape index (κ2) is 7.64. The van der Waals surface area contributed by atoms with Crippen molar-refractivity contribution in [3.05, 3.63) is 130 Å². The SMILES string of the molecule is Cn1c2ccc(Cc3ccccc3)cc2c(=O)c2ccc(Cc3ccccc3)cc21. The molecule has 0 N–H and O–H groups in total. The number of rotatable bonds is 4. The number of pyridine rings is 1. The van der Waals surface area contributed by atoms with Gasteiger partial charge in [-0.25, -0.2) is 0 Å². The molecule has 5 rings (SSSR count). The fourth-order valence-electron chi connectivity index (χ4n) is 4.26. The molecule has 0 spiro atoms. The molecule has 2 heteroatoms. The number of hydrogen-bond acceptors (Lipinski definition) is 1. The second-order valence-corrected chi connectivity index (χ2v) is 7.92. The van der Waals surface area contributed by atoms with E-state index in [1.165, 1.54) is 16.7 Å². The molecule has 1 heterocycles. The maximum Gasteiger partial charge on any atom is 0.197 e. The Bertz CT molecular complexity index is 1400. The van der Waals surface area contributed by atoms with Gasteiger partial charge in [-0.15, -0.1) is 0 Å². The molecule has 146 valence electrons. The Morgan fingerprint density at radius 3 is 1.77 bits per heavy atom. The summed E-state index contributed by atoms with van der Waals surface area (Å²) in [6, 6.07) is 33.3. The summed E-state index contributed by atoms with van der Waals surface area (Å²) in [4.78, 5) is 13.3. The number of hydrogen-bond donors (Lipinski definition) is 0. The zero-order valence-electron chi connectivity index (χ0n) is 17.0. The van der Waals surface area contributed by atoms with Crippen LogP contribution >= 0.6 is 0 Å². The van der Waals surface area contributed by atoms with Crippen molar-refractivity contribution >= 4 is 21.8 Å². The average molecular weight is 389 g/mol. The van der Waals surface area contributed by atoms with Crippen molar-refractivity contribution in [2.24, 2.45) is 7.05 Å². The Labute approximate surface area is 176 Å². The van der Waals surface area contributed by atoms with Crippen LogP contribution < -0.4 is 5.43 Å². The van der Waals surface area contributed by atoms with Crippen LogP contribution in [0.5, 0.6) is 0 Å². The highest BCUT2D eigenvalue weighted by atomic mass is 16.1. The molecule has 0 unspecified atom stereocenters. The van der Waals surface area contributed by atoms with Crippen molar-refractivity contribution in [1.29, 1.82) is 0 Å². The molecule has 0 amide bonds. The number of aromatic nitrogens is 1. The summed E-state index contributed by atoms with van der Waals surface area (Å²) in [6.45, 7) is 0. The predicted molar refractivity (Wildman–Crippen MR) is 125 cm³/mol. The van der Waals surface area contributed by atoms with Gasteiger partial charge < -0.3 is 4.57 Å². The monoisotopic (exact) mass is 389 g/mol. The molecule has 0 radical (unpaired) electrons. The van der Waals surface area contributed by atoms with E-state index in [0.29, 0.717) is 0 Å². The largest absolute Gasteiger partial charge is 0.343 e. The van der Waals surface area contributed by atoms with Crippen LogP contribution in [-0.4, -0.2) is 4.57 Å². The Morgan fingerprint density at radius 1 is 0.567 bits per heavy atom. The summed E-state index contributed by atoms with van der Waals surface area (Å²) in [5.74, 6) is 0. The number of aryl methyl sites for hydroxylation is 1. The van der Waals surface area contributed by atoms with E-state index in [0.717, 1.165) is 40.2 Å². The van der Waals surface area contributed by atoms with Gasteiger partial charge in [-0.1, -0.05) is 72.8 Å². The van der Waals surface area contributed by atoms with Crippen molar-refractivity contribution in [3.63, 3.8) is 0 Å². The lowest BCUT2D eigenvalue weighted by molar-refractivity contribution is 0.998. The smallest absolute Gasteiger partial charge is 0.197 e. The summed E-state index contributed by atoms with van der Waals surface area (Å²) < 4.78 is 2.15. The maximum atomic E-state index is 13.3. The summed E-state index contributed by atoms with van der Waals surface area (Å²) in [5, 5.41) is 1.56. The lowest BCUT2D eigenvalue weighted by Gasteiger charge is -2.13. The van der Waals surface area contributed by atoms with Gasteiger partial charge in [0.2, 0.25) is 0 Å². The van der Waals surface area contributed by atoms with Gasteiger partial charge in [0.05, 0.1) is 11.0 Å². The third-order valence-electron chi connectivity index (χ3n) is 5.84. The molecule has 0 aliphatic carbocycles. The highest BCUT2D eigenvalue weighted by Gasteiger charge is 2.11. The minimum atomic E-state index is 0.110. The van der Waals surface area contributed by atoms with E-state index in [9.17, 15) is 4.79 Å². The molecule has 0 saturated heterocycles. The zero-order valence-corrected chi connectivity index (χ0v) is 17.0. The summed E-state index contributed by atoms with van der Waals surface area (Å²) in [7, 11) is 2.05. The van der Waals surface area contributed by atoms with Gasteiger partial charge in [0, 0.05) is 17.8 Å². The van der Waals surface area contributed by atoms with Crippen LogP contribution in [0.3, 0.4) is 0 Å². The minimum Gasteiger partial charge on any atom is -0.343 e. The van der Waals surface area contributed by atoms with Gasteiger partial charge in [0.25, 0.3) is 0 Å². The van der Waals surface area contributed by atoms with Crippen molar-refractivity contribution in [2.75, 3.05) is 0 Å². The van der Waals surface area contributed by atoms with Crippen LogP contribution in [-0.2, 0) is 19.9 Å². The van der Waals surface area contributed by atoms with Crippen LogP contribution in [0.4, 0.5) is 0 Å². The van der Waals surface area contributed by atoms with Gasteiger partial charge in [0.15, 0.2) is 5.43 Å². The van der Waals surface area contributed by atoms with Gasteiger partial charge in [-0.3, -0.25) is 4.79 Å². The minimum absolute atomic E-state index is 0.110. The first-order chi connectivity index (χ1) is 14.7.